The van der Waals surface area contributed by atoms with Crippen LogP contribution in [0.4, 0.5) is 5.95 Å². The molecule has 1 heterocycles. The SMILES string of the molecule is O=C(O)C(CCc1ccccc1)N[C@@H](Cc1ccc(-c2cccc(Cl)c2)cc1)C(=O)Nc1nnn[nH]1. The average molecular weight is 505 g/mol. The fourth-order valence-corrected chi connectivity index (χ4v) is 4.05. The highest BCUT2D eigenvalue weighted by Gasteiger charge is 2.27. The Balaban J connectivity index is 1.50. The zero-order valence-corrected chi connectivity index (χ0v) is 20.0. The molecule has 0 bridgehead atoms. The Hall–Kier alpha value is -4.08. The molecular weight excluding hydrogens is 480 g/mol. The van der Waals surface area contributed by atoms with Gasteiger partial charge in [0.25, 0.3) is 0 Å². The first-order valence-electron chi connectivity index (χ1n) is 11.4. The summed E-state index contributed by atoms with van der Waals surface area (Å²) in [6.45, 7) is 0. The molecule has 0 saturated carbocycles. The lowest BCUT2D eigenvalue weighted by Crippen LogP contribution is -2.50. The van der Waals surface area contributed by atoms with Gasteiger partial charge in [-0.25, -0.2) is 5.10 Å². The molecule has 4 aromatic rings. The maximum absolute atomic E-state index is 13.1. The number of nitrogens with one attached hydrogen (secondary N) is 3. The molecule has 1 amide bonds. The molecule has 9 nitrogen and oxygen atoms in total. The summed E-state index contributed by atoms with van der Waals surface area (Å²) in [7, 11) is 0. The monoisotopic (exact) mass is 504 g/mol. The van der Waals surface area contributed by atoms with E-state index in [1.807, 2.05) is 78.9 Å². The Morgan fingerprint density at radius 2 is 1.69 bits per heavy atom. The van der Waals surface area contributed by atoms with E-state index >= 15 is 0 Å². The van der Waals surface area contributed by atoms with Crippen LogP contribution < -0.4 is 10.6 Å². The number of rotatable bonds is 11. The zero-order chi connectivity index (χ0) is 25.3. The summed E-state index contributed by atoms with van der Waals surface area (Å²) in [4.78, 5) is 25.1. The minimum absolute atomic E-state index is 0.0827. The van der Waals surface area contributed by atoms with Gasteiger partial charge in [0.2, 0.25) is 11.9 Å². The highest BCUT2D eigenvalue weighted by atomic mass is 35.5. The summed E-state index contributed by atoms with van der Waals surface area (Å²) in [6, 6.07) is 23.1. The predicted molar refractivity (Wildman–Crippen MR) is 137 cm³/mol. The fraction of sp³-hybridized carbons (Fsp3) is 0.192. The van der Waals surface area contributed by atoms with Crippen LogP contribution in [0.25, 0.3) is 11.1 Å². The number of aromatic nitrogens is 4. The molecule has 0 fully saturated rings. The Labute approximate surface area is 212 Å². The Morgan fingerprint density at radius 1 is 0.917 bits per heavy atom. The minimum atomic E-state index is -1.03. The summed E-state index contributed by atoms with van der Waals surface area (Å²) in [5.74, 6) is -1.39. The third kappa shape index (κ3) is 6.97. The lowest BCUT2D eigenvalue weighted by molar-refractivity contribution is -0.140. The van der Waals surface area contributed by atoms with E-state index < -0.39 is 24.0 Å². The summed E-state index contributed by atoms with van der Waals surface area (Å²) >= 11 is 6.11. The van der Waals surface area contributed by atoms with E-state index in [2.05, 4.69) is 31.3 Å². The van der Waals surface area contributed by atoms with Gasteiger partial charge in [0, 0.05) is 5.02 Å². The number of carbonyl (C=O) groups is 2. The van der Waals surface area contributed by atoms with Crippen LogP contribution in [0, 0.1) is 0 Å². The quantitative estimate of drug-likeness (QED) is 0.244. The number of benzene rings is 3. The van der Waals surface area contributed by atoms with Gasteiger partial charge in [-0.3, -0.25) is 20.2 Å². The van der Waals surface area contributed by atoms with Crippen LogP contribution in [-0.4, -0.2) is 49.7 Å². The molecule has 4 N–H and O–H groups in total. The van der Waals surface area contributed by atoms with Crippen LogP contribution in [0.15, 0.2) is 78.9 Å². The van der Waals surface area contributed by atoms with Crippen molar-refractivity contribution < 1.29 is 14.7 Å². The molecule has 0 radical (unpaired) electrons. The van der Waals surface area contributed by atoms with Crippen molar-refractivity contribution in [1.82, 2.24) is 25.9 Å². The molecule has 4 rings (SSSR count). The summed E-state index contributed by atoms with van der Waals surface area (Å²) in [5, 5.41) is 29.2. The maximum atomic E-state index is 13.1. The van der Waals surface area contributed by atoms with Crippen molar-refractivity contribution in [3.05, 3.63) is 95.0 Å². The molecule has 3 aromatic carbocycles. The number of hydrogen-bond acceptors (Lipinski definition) is 6. The van der Waals surface area contributed by atoms with Crippen molar-refractivity contribution in [1.29, 1.82) is 0 Å². The third-order valence-corrected chi connectivity index (χ3v) is 5.96. The Bertz CT molecular complexity index is 1280. The van der Waals surface area contributed by atoms with Gasteiger partial charge in [-0.1, -0.05) is 83.4 Å². The number of anilines is 1. The van der Waals surface area contributed by atoms with E-state index in [0.29, 0.717) is 17.9 Å². The highest BCUT2D eigenvalue weighted by Crippen LogP contribution is 2.23. The van der Waals surface area contributed by atoms with Crippen molar-refractivity contribution >= 4 is 29.4 Å². The molecule has 10 heteroatoms. The number of aromatic amines is 1. The van der Waals surface area contributed by atoms with Crippen LogP contribution in [0.2, 0.25) is 5.02 Å². The molecule has 1 aromatic heterocycles. The van der Waals surface area contributed by atoms with Crippen LogP contribution in [0.3, 0.4) is 0 Å². The molecule has 0 aliphatic rings. The molecule has 1 unspecified atom stereocenters. The fourth-order valence-electron chi connectivity index (χ4n) is 3.86. The third-order valence-electron chi connectivity index (χ3n) is 5.72. The van der Waals surface area contributed by atoms with E-state index in [9.17, 15) is 14.7 Å². The summed E-state index contributed by atoms with van der Waals surface area (Å²) < 4.78 is 0. The number of amides is 1. The van der Waals surface area contributed by atoms with Gasteiger partial charge in [0.15, 0.2) is 0 Å². The number of nitrogens with zero attached hydrogens (tertiary/aromatic N) is 3. The van der Waals surface area contributed by atoms with E-state index in [4.69, 9.17) is 11.6 Å². The normalized spacial score (nSPS) is 12.6. The first kappa shape index (κ1) is 25.0. The molecule has 2 atom stereocenters. The first-order chi connectivity index (χ1) is 17.5. The van der Waals surface area contributed by atoms with Gasteiger partial charge in [0.05, 0.1) is 6.04 Å². The van der Waals surface area contributed by atoms with Gasteiger partial charge >= 0.3 is 5.97 Å². The number of H-pyrrole nitrogens is 1. The van der Waals surface area contributed by atoms with Gasteiger partial charge < -0.3 is 5.11 Å². The lowest BCUT2D eigenvalue weighted by Gasteiger charge is -2.23. The van der Waals surface area contributed by atoms with Crippen LogP contribution in [0.1, 0.15) is 17.5 Å². The van der Waals surface area contributed by atoms with E-state index in [-0.39, 0.29) is 12.4 Å². The number of tetrazole rings is 1. The van der Waals surface area contributed by atoms with Gasteiger partial charge in [-0.15, -0.1) is 0 Å². The molecule has 0 aliphatic carbocycles. The number of carbonyl (C=O) groups excluding carboxylic acids is 1. The van der Waals surface area contributed by atoms with Crippen molar-refractivity contribution in [3.63, 3.8) is 0 Å². The summed E-state index contributed by atoms with van der Waals surface area (Å²) in [6.07, 6.45) is 1.14. The first-order valence-corrected chi connectivity index (χ1v) is 11.8. The largest absolute Gasteiger partial charge is 0.480 e. The average Bonchev–Trinajstić information content (AvgIpc) is 3.39. The standard InChI is InChI=1S/C26H25ClN6O3/c27-21-8-4-7-20(16-21)19-12-9-18(10-13-19)15-23(24(34)29-26-30-32-33-31-26)28-22(25(35)36)14-11-17-5-2-1-3-6-17/h1-10,12-13,16,22-23,28H,11,14-15H2,(H,35,36)(H2,29,30,31,32,33,34)/t22?,23-/m0/s1. The number of carboxylic acid groups (broad SMARTS) is 1. The number of aryl methyl sites for hydroxylation is 1. The van der Waals surface area contributed by atoms with Crippen LogP contribution in [0.5, 0.6) is 0 Å². The zero-order valence-electron chi connectivity index (χ0n) is 19.3. The second kappa shape index (κ2) is 12.1. The van der Waals surface area contributed by atoms with Gasteiger partial charge in [-0.2, -0.15) is 0 Å². The maximum Gasteiger partial charge on any atom is 0.320 e. The van der Waals surface area contributed by atoms with Gasteiger partial charge in [-0.05, 0) is 64.1 Å². The van der Waals surface area contributed by atoms with Crippen molar-refractivity contribution in [2.24, 2.45) is 0 Å². The lowest BCUT2D eigenvalue weighted by atomic mass is 9.99. The topological polar surface area (TPSA) is 133 Å². The number of halogens is 1. The van der Waals surface area contributed by atoms with E-state index in [1.54, 1.807) is 0 Å². The van der Waals surface area contributed by atoms with Crippen LogP contribution >= 0.6 is 11.6 Å². The second-order valence-electron chi connectivity index (χ2n) is 8.28. The van der Waals surface area contributed by atoms with E-state index in [1.165, 1.54) is 0 Å². The number of carboxylic acids is 1. The minimum Gasteiger partial charge on any atom is -0.480 e. The molecular formula is C26H25ClN6O3. The Morgan fingerprint density at radius 3 is 2.36 bits per heavy atom. The molecule has 36 heavy (non-hydrogen) atoms. The number of aliphatic carboxylic acids is 1. The smallest absolute Gasteiger partial charge is 0.320 e. The van der Waals surface area contributed by atoms with Crippen molar-refractivity contribution in [2.75, 3.05) is 5.32 Å². The highest BCUT2D eigenvalue weighted by molar-refractivity contribution is 6.30. The van der Waals surface area contributed by atoms with Gasteiger partial charge in [0.1, 0.15) is 6.04 Å². The van der Waals surface area contributed by atoms with Crippen molar-refractivity contribution in [2.45, 2.75) is 31.3 Å². The van der Waals surface area contributed by atoms with E-state index in [0.717, 1.165) is 22.3 Å². The number of hydrogen-bond donors (Lipinski definition) is 4. The molecule has 0 aliphatic heterocycles. The summed E-state index contributed by atoms with van der Waals surface area (Å²) in [5.41, 5.74) is 3.84. The Kier molecular flexibility index (Phi) is 8.38. The predicted octanol–water partition coefficient (Wildman–Crippen LogP) is 3.75. The second-order valence-corrected chi connectivity index (χ2v) is 8.72. The van der Waals surface area contributed by atoms with Crippen molar-refractivity contribution in [3.8, 4) is 11.1 Å². The molecule has 184 valence electrons. The molecule has 0 spiro atoms. The van der Waals surface area contributed by atoms with Crippen LogP contribution in [-0.2, 0) is 22.4 Å². The molecule has 0 saturated heterocycles.